The maximum atomic E-state index is 11.0. The van der Waals surface area contributed by atoms with Gasteiger partial charge in [-0.2, -0.15) is 0 Å². The van der Waals surface area contributed by atoms with E-state index in [2.05, 4.69) is 18.2 Å². The fourth-order valence-corrected chi connectivity index (χ4v) is 2.74. The molecule has 1 fully saturated rings. The Hall–Kier alpha value is -1.31. The smallest absolute Gasteiger partial charge is 0.307 e. The molecule has 3 aliphatic rings. The van der Waals surface area contributed by atoms with Crippen LogP contribution in [0.5, 0.6) is 0 Å². The number of carbonyl (C=O) groups is 1. The van der Waals surface area contributed by atoms with E-state index in [1.807, 2.05) is 6.08 Å². The molecule has 3 rings (SSSR count). The van der Waals surface area contributed by atoms with Crippen LogP contribution in [0, 0.1) is 17.8 Å². The van der Waals surface area contributed by atoms with Gasteiger partial charge in [0.1, 0.15) is 0 Å². The van der Waals surface area contributed by atoms with E-state index < -0.39 is 5.97 Å². The molecule has 0 amide bonds. The summed E-state index contributed by atoms with van der Waals surface area (Å²) in [4.78, 5) is 11.0. The maximum absolute atomic E-state index is 11.0. The Morgan fingerprint density at radius 2 is 2.29 bits per heavy atom. The van der Waals surface area contributed by atoms with Gasteiger partial charge in [-0.1, -0.05) is 29.9 Å². The quantitative estimate of drug-likeness (QED) is 0.684. The summed E-state index contributed by atoms with van der Waals surface area (Å²) < 4.78 is 0. The summed E-state index contributed by atoms with van der Waals surface area (Å²) in [6.07, 6.45) is 10.2. The van der Waals surface area contributed by atoms with E-state index in [1.165, 1.54) is 11.1 Å². The second-order valence-electron chi connectivity index (χ2n) is 4.32. The molecule has 0 saturated heterocycles. The van der Waals surface area contributed by atoms with Crippen LogP contribution in [0.25, 0.3) is 0 Å². The van der Waals surface area contributed by atoms with E-state index in [4.69, 9.17) is 5.11 Å². The number of allylic oxidation sites excluding steroid dienone is 6. The van der Waals surface area contributed by atoms with Gasteiger partial charge in [0.05, 0.1) is 5.92 Å². The van der Waals surface area contributed by atoms with Crippen LogP contribution in [0.4, 0.5) is 0 Å². The lowest BCUT2D eigenvalue weighted by atomic mass is 9.79. The molecule has 3 aliphatic carbocycles. The van der Waals surface area contributed by atoms with Crippen molar-refractivity contribution < 1.29 is 9.90 Å². The molecule has 2 heteroatoms. The Balaban J connectivity index is 1.98. The zero-order valence-electron chi connectivity index (χ0n) is 7.81. The average Bonchev–Trinajstić information content (AvgIpc) is 2.95. The maximum Gasteiger partial charge on any atom is 0.307 e. The Kier molecular flexibility index (Phi) is 1.49. The summed E-state index contributed by atoms with van der Waals surface area (Å²) in [6, 6.07) is 0. The van der Waals surface area contributed by atoms with Gasteiger partial charge >= 0.3 is 5.97 Å². The molecule has 0 aromatic rings. The molecule has 0 radical (unpaired) electrons. The first kappa shape index (κ1) is 8.04. The molecule has 0 heterocycles. The largest absolute Gasteiger partial charge is 0.481 e. The van der Waals surface area contributed by atoms with Crippen molar-refractivity contribution in [3.8, 4) is 0 Å². The van der Waals surface area contributed by atoms with E-state index in [9.17, 15) is 4.79 Å². The molecule has 2 nitrogen and oxygen atoms in total. The van der Waals surface area contributed by atoms with Crippen LogP contribution in [-0.4, -0.2) is 11.1 Å². The molecular weight excluding hydrogens is 176 g/mol. The number of hydrogen-bond acceptors (Lipinski definition) is 1. The van der Waals surface area contributed by atoms with Gasteiger partial charge in [0.25, 0.3) is 0 Å². The third-order valence-electron chi connectivity index (χ3n) is 3.54. The van der Waals surface area contributed by atoms with Gasteiger partial charge in [0.2, 0.25) is 0 Å². The van der Waals surface area contributed by atoms with Crippen molar-refractivity contribution in [1.82, 2.24) is 0 Å². The number of carboxylic acid groups (broad SMARTS) is 1. The highest BCUT2D eigenvalue weighted by molar-refractivity contribution is 5.73. The number of fused-ring (bicyclic) bond motifs is 2. The topological polar surface area (TPSA) is 37.3 Å². The monoisotopic (exact) mass is 188 g/mol. The molecule has 3 unspecified atom stereocenters. The van der Waals surface area contributed by atoms with Crippen molar-refractivity contribution in [2.75, 3.05) is 0 Å². The highest BCUT2D eigenvalue weighted by Crippen LogP contribution is 2.55. The number of carboxylic acids is 1. The van der Waals surface area contributed by atoms with Gasteiger partial charge in [-0.05, 0) is 24.3 Å². The molecule has 14 heavy (non-hydrogen) atoms. The van der Waals surface area contributed by atoms with E-state index in [1.54, 1.807) is 0 Å². The Labute approximate surface area is 82.6 Å². The summed E-state index contributed by atoms with van der Waals surface area (Å²) in [6.45, 7) is 0. The van der Waals surface area contributed by atoms with Crippen LogP contribution in [-0.2, 0) is 4.79 Å². The highest BCUT2D eigenvalue weighted by atomic mass is 16.4. The molecule has 3 atom stereocenters. The van der Waals surface area contributed by atoms with Crippen LogP contribution in [0.15, 0.2) is 35.5 Å². The number of rotatable bonds is 1. The molecule has 1 saturated carbocycles. The predicted octanol–water partition coefficient (Wildman–Crippen LogP) is 2.15. The van der Waals surface area contributed by atoms with Gasteiger partial charge in [-0.15, -0.1) is 0 Å². The van der Waals surface area contributed by atoms with E-state index >= 15 is 0 Å². The predicted molar refractivity (Wildman–Crippen MR) is 52.6 cm³/mol. The Morgan fingerprint density at radius 3 is 3.07 bits per heavy atom. The summed E-state index contributed by atoms with van der Waals surface area (Å²) in [5.41, 5.74) is 2.80. The van der Waals surface area contributed by atoms with Crippen molar-refractivity contribution in [1.29, 1.82) is 0 Å². The molecule has 0 spiro atoms. The lowest BCUT2D eigenvalue weighted by molar-refractivity contribution is -0.142. The van der Waals surface area contributed by atoms with Crippen molar-refractivity contribution in [3.05, 3.63) is 35.5 Å². The first-order chi connectivity index (χ1) is 6.77. The first-order valence-corrected chi connectivity index (χ1v) is 5.08. The molecular formula is C12H12O2. The van der Waals surface area contributed by atoms with Gasteiger partial charge < -0.3 is 5.11 Å². The summed E-state index contributed by atoms with van der Waals surface area (Å²) in [5, 5.41) is 9.06. The second kappa shape index (κ2) is 2.59. The minimum atomic E-state index is -0.619. The standard InChI is InChI=1S/C12H12O2/c13-12(14)11-5-7-3-1-2-4-8(7)9-6-10(9)11/h1-4,7,10-11H,5-6H2,(H,13,14). The Bertz CT molecular complexity index is 387. The molecule has 72 valence electrons. The molecule has 0 bridgehead atoms. The lowest BCUT2D eigenvalue weighted by Gasteiger charge is -2.25. The van der Waals surface area contributed by atoms with Crippen LogP contribution in [0.1, 0.15) is 12.8 Å². The van der Waals surface area contributed by atoms with Crippen LogP contribution in [0.2, 0.25) is 0 Å². The molecule has 1 N–H and O–H groups in total. The van der Waals surface area contributed by atoms with E-state index in [-0.39, 0.29) is 5.92 Å². The van der Waals surface area contributed by atoms with E-state index in [0.29, 0.717) is 11.8 Å². The summed E-state index contributed by atoms with van der Waals surface area (Å²) in [7, 11) is 0. The van der Waals surface area contributed by atoms with E-state index in [0.717, 1.165) is 12.8 Å². The zero-order chi connectivity index (χ0) is 9.71. The molecule has 0 aromatic heterocycles. The van der Waals surface area contributed by atoms with Crippen molar-refractivity contribution in [2.24, 2.45) is 17.8 Å². The molecule has 0 aliphatic heterocycles. The SMILES string of the molecule is O=C(O)C1CC2C=CC=CC2=C2CC21. The first-order valence-electron chi connectivity index (χ1n) is 5.08. The summed E-state index contributed by atoms with van der Waals surface area (Å²) in [5.74, 6) is -0.0216. The van der Waals surface area contributed by atoms with Crippen LogP contribution in [0.3, 0.4) is 0 Å². The normalized spacial score (nSPS) is 37.9. The second-order valence-corrected chi connectivity index (χ2v) is 4.32. The van der Waals surface area contributed by atoms with Gasteiger partial charge in [0.15, 0.2) is 0 Å². The fourth-order valence-electron chi connectivity index (χ4n) is 2.74. The van der Waals surface area contributed by atoms with Crippen LogP contribution < -0.4 is 0 Å². The van der Waals surface area contributed by atoms with Gasteiger partial charge in [-0.3, -0.25) is 4.79 Å². The van der Waals surface area contributed by atoms with Crippen molar-refractivity contribution >= 4 is 5.97 Å². The number of hydrogen-bond donors (Lipinski definition) is 1. The van der Waals surface area contributed by atoms with Crippen molar-refractivity contribution in [3.63, 3.8) is 0 Å². The lowest BCUT2D eigenvalue weighted by Crippen LogP contribution is -2.23. The highest BCUT2D eigenvalue weighted by Gasteiger charge is 2.48. The Morgan fingerprint density at radius 1 is 1.43 bits per heavy atom. The number of aliphatic carboxylic acids is 1. The summed E-state index contributed by atoms with van der Waals surface area (Å²) >= 11 is 0. The van der Waals surface area contributed by atoms with Crippen molar-refractivity contribution in [2.45, 2.75) is 12.8 Å². The minimum absolute atomic E-state index is 0.130. The van der Waals surface area contributed by atoms with Gasteiger partial charge in [-0.25, -0.2) is 0 Å². The van der Waals surface area contributed by atoms with Gasteiger partial charge in [0, 0.05) is 5.92 Å². The average molecular weight is 188 g/mol. The molecule has 0 aromatic carbocycles. The zero-order valence-corrected chi connectivity index (χ0v) is 7.81. The minimum Gasteiger partial charge on any atom is -0.481 e. The fraction of sp³-hybridized carbons (Fsp3) is 0.417. The van der Waals surface area contributed by atoms with Crippen LogP contribution >= 0.6 is 0 Å². The third kappa shape index (κ3) is 0.999. The third-order valence-corrected chi connectivity index (χ3v) is 3.54.